The van der Waals surface area contributed by atoms with Crippen LogP contribution in [0, 0.1) is 6.58 Å². The van der Waals surface area contributed by atoms with Crippen LogP contribution in [0.15, 0.2) is 42.5 Å². The molecule has 0 aliphatic rings. The lowest BCUT2D eigenvalue weighted by atomic mass is 9.97. The molecule has 2 aromatic carbocycles. The van der Waals surface area contributed by atoms with Gasteiger partial charge in [0, 0.05) is 0 Å². The molecule has 75 valence electrons. The summed E-state index contributed by atoms with van der Waals surface area (Å²) < 4.78 is 0. The quantitative estimate of drug-likeness (QED) is 0.678. The zero-order valence-corrected chi connectivity index (χ0v) is 9.03. The minimum absolute atomic E-state index is 0.966. The first kappa shape index (κ1) is 9.97. The van der Waals surface area contributed by atoms with Crippen molar-refractivity contribution in [2.75, 3.05) is 0 Å². The highest BCUT2D eigenvalue weighted by molar-refractivity contribution is 5.93. The van der Waals surface area contributed by atoms with E-state index in [0.29, 0.717) is 0 Å². The summed E-state index contributed by atoms with van der Waals surface area (Å²) in [7, 11) is 0. The maximum Gasteiger partial charge on any atom is -0.0109 e. The van der Waals surface area contributed by atoms with E-state index < -0.39 is 0 Å². The summed E-state index contributed by atoms with van der Waals surface area (Å²) in [5, 5.41) is 2.51. The average Bonchev–Trinajstić information content (AvgIpc) is 2.28. The third-order valence-electron chi connectivity index (χ3n) is 2.65. The second-order valence-electron chi connectivity index (χ2n) is 3.80. The predicted octanol–water partition coefficient (Wildman–Crippen LogP) is 4.46. The van der Waals surface area contributed by atoms with Crippen LogP contribution in [-0.4, -0.2) is 0 Å². The predicted molar refractivity (Wildman–Crippen MR) is 66.6 cm³/mol. The Bertz CT molecular complexity index is 475. The molecule has 2 rings (SSSR count). The van der Waals surface area contributed by atoms with Crippen molar-refractivity contribution in [3.8, 4) is 0 Å². The zero-order valence-electron chi connectivity index (χ0n) is 9.03. The lowest BCUT2D eigenvalue weighted by molar-refractivity contribution is 0.975. The fraction of sp³-hybridized carbons (Fsp3) is 0.200. The van der Waals surface area contributed by atoms with Crippen molar-refractivity contribution in [3.63, 3.8) is 0 Å². The van der Waals surface area contributed by atoms with Crippen molar-refractivity contribution in [3.05, 3.63) is 54.6 Å². The molecule has 0 bridgehead atoms. The molecule has 0 fully saturated rings. The third-order valence-corrected chi connectivity index (χ3v) is 2.65. The minimum Gasteiger partial charge on any atom is -0.0651 e. The summed E-state index contributed by atoms with van der Waals surface area (Å²) in [5.74, 6) is 0. The molecule has 0 atom stereocenters. The fourth-order valence-electron chi connectivity index (χ4n) is 1.91. The highest BCUT2D eigenvalue weighted by atomic mass is 14.1. The van der Waals surface area contributed by atoms with Crippen LogP contribution in [0.3, 0.4) is 0 Å². The van der Waals surface area contributed by atoms with Crippen LogP contribution in [-0.2, 0) is 0 Å². The summed E-state index contributed by atoms with van der Waals surface area (Å²) in [6.07, 6.45) is 2.06. The summed E-state index contributed by atoms with van der Waals surface area (Å²) in [6.45, 7) is 8.24. The molecule has 0 unspecified atom stereocenters. The topological polar surface area (TPSA) is 0 Å². The van der Waals surface area contributed by atoms with Gasteiger partial charge in [-0.1, -0.05) is 62.4 Å². The number of fused-ring (bicyclic) bond motifs is 1. The van der Waals surface area contributed by atoms with Crippen LogP contribution in [0.4, 0.5) is 0 Å². The maximum atomic E-state index is 6.09. The van der Waals surface area contributed by atoms with Crippen LogP contribution in [0.25, 0.3) is 16.3 Å². The molecule has 0 aliphatic carbocycles. The van der Waals surface area contributed by atoms with Crippen LogP contribution in [0.1, 0.15) is 25.3 Å². The number of hydrogen-bond acceptors (Lipinski definition) is 0. The van der Waals surface area contributed by atoms with Crippen molar-refractivity contribution in [2.45, 2.75) is 19.8 Å². The summed E-state index contributed by atoms with van der Waals surface area (Å²) in [4.78, 5) is 0. The second-order valence-corrected chi connectivity index (χ2v) is 3.80. The van der Waals surface area contributed by atoms with E-state index in [4.69, 9.17) is 6.58 Å². The lowest BCUT2D eigenvalue weighted by Gasteiger charge is -2.08. The minimum atomic E-state index is 0.966. The molecule has 15 heavy (non-hydrogen) atoms. The summed E-state index contributed by atoms with van der Waals surface area (Å²) >= 11 is 0. The van der Waals surface area contributed by atoms with Crippen LogP contribution < -0.4 is 0 Å². The van der Waals surface area contributed by atoms with E-state index in [9.17, 15) is 0 Å². The molecule has 1 radical (unpaired) electrons. The first-order chi connectivity index (χ1) is 7.33. The Hall–Kier alpha value is -1.56. The molecular formula is C15H15. The van der Waals surface area contributed by atoms with Gasteiger partial charge in [-0.3, -0.25) is 0 Å². The Balaban J connectivity index is 2.56. The van der Waals surface area contributed by atoms with Gasteiger partial charge in [-0.05, 0) is 28.3 Å². The molecular weight excluding hydrogens is 180 g/mol. The Kier molecular flexibility index (Phi) is 2.86. The van der Waals surface area contributed by atoms with E-state index in [1.807, 2.05) is 0 Å². The monoisotopic (exact) mass is 195 g/mol. The number of rotatable bonds is 3. The van der Waals surface area contributed by atoms with Gasteiger partial charge in [-0.2, -0.15) is 0 Å². The summed E-state index contributed by atoms with van der Waals surface area (Å²) in [6, 6.07) is 14.7. The van der Waals surface area contributed by atoms with Gasteiger partial charge in [0.15, 0.2) is 0 Å². The molecule has 0 saturated heterocycles. The highest BCUT2D eigenvalue weighted by Gasteiger charge is 2.02. The number of allylic oxidation sites excluding steroid dienone is 1. The maximum absolute atomic E-state index is 6.09. The Morgan fingerprint density at radius 2 is 1.80 bits per heavy atom. The van der Waals surface area contributed by atoms with Crippen molar-refractivity contribution < 1.29 is 0 Å². The average molecular weight is 195 g/mol. The smallest absolute Gasteiger partial charge is 0.0109 e. The Morgan fingerprint density at radius 1 is 1.07 bits per heavy atom. The van der Waals surface area contributed by atoms with Gasteiger partial charge in [0.2, 0.25) is 0 Å². The summed E-state index contributed by atoms with van der Waals surface area (Å²) in [5.41, 5.74) is 2.18. The van der Waals surface area contributed by atoms with Crippen LogP contribution in [0.2, 0.25) is 0 Å². The molecule has 0 heteroatoms. The molecule has 0 heterocycles. The molecule has 0 N–H and O–H groups in total. The molecule has 0 amide bonds. The SMILES string of the molecule is [CH]=C(CCC)c1cccc2ccccc12. The van der Waals surface area contributed by atoms with Gasteiger partial charge in [0.1, 0.15) is 0 Å². The van der Waals surface area contributed by atoms with Gasteiger partial charge < -0.3 is 0 Å². The van der Waals surface area contributed by atoms with Gasteiger partial charge >= 0.3 is 0 Å². The standard InChI is InChI=1S/C15H15/c1-3-7-12(2)14-11-6-9-13-8-4-5-10-15(13)14/h2,4-6,8-11H,3,7H2,1H3. The van der Waals surface area contributed by atoms with Gasteiger partial charge in [-0.25, -0.2) is 0 Å². The Labute approximate surface area is 91.2 Å². The first-order valence-corrected chi connectivity index (χ1v) is 5.42. The van der Waals surface area contributed by atoms with E-state index in [-0.39, 0.29) is 0 Å². The van der Waals surface area contributed by atoms with Gasteiger partial charge in [-0.15, -0.1) is 0 Å². The zero-order chi connectivity index (χ0) is 10.7. The van der Waals surface area contributed by atoms with E-state index in [2.05, 4.69) is 49.4 Å². The number of benzene rings is 2. The second kappa shape index (κ2) is 4.31. The van der Waals surface area contributed by atoms with Gasteiger partial charge in [0.25, 0.3) is 0 Å². The first-order valence-electron chi connectivity index (χ1n) is 5.42. The van der Waals surface area contributed by atoms with E-state index >= 15 is 0 Å². The van der Waals surface area contributed by atoms with Crippen molar-refractivity contribution >= 4 is 16.3 Å². The molecule has 0 saturated carbocycles. The molecule has 0 spiro atoms. The normalized spacial score (nSPS) is 10.5. The molecule has 2 aromatic rings. The Morgan fingerprint density at radius 3 is 2.60 bits per heavy atom. The van der Waals surface area contributed by atoms with E-state index in [1.165, 1.54) is 16.3 Å². The van der Waals surface area contributed by atoms with E-state index in [0.717, 1.165) is 18.4 Å². The number of hydrogen-bond donors (Lipinski definition) is 0. The van der Waals surface area contributed by atoms with Gasteiger partial charge in [0.05, 0.1) is 0 Å². The van der Waals surface area contributed by atoms with Crippen molar-refractivity contribution in [1.29, 1.82) is 0 Å². The van der Waals surface area contributed by atoms with Crippen LogP contribution in [0.5, 0.6) is 0 Å². The third kappa shape index (κ3) is 1.94. The molecule has 0 aliphatic heterocycles. The van der Waals surface area contributed by atoms with Crippen LogP contribution >= 0.6 is 0 Å². The largest absolute Gasteiger partial charge is 0.0651 e. The van der Waals surface area contributed by atoms with Crippen molar-refractivity contribution in [2.24, 2.45) is 0 Å². The van der Waals surface area contributed by atoms with E-state index in [1.54, 1.807) is 0 Å². The fourth-order valence-corrected chi connectivity index (χ4v) is 1.91. The lowest BCUT2D eigenvalue weighted by Crippen LogP contribution is -1.85. The highest BCUT2D eigenvalue weighted by Crippen LogP contribution is 2.26. The van der Waals surface area contributed by atoms with Crippen molar-refractivity contribution in [1.82, 2.24) is 0 Å². The molecule has 0 nitrogen and oxygen atoms in total. The molecule has 0 aromatic heterocycles.